The quantitative estimate of drug-likeness (QED) is 0.726. The molecule has 7 heteroatoms. The molecule has 1 aliphatic carbocycles. The normalized spacial score (nSPS) is 14.3. The summed E-state index contributed by atoms with van der Waals surface area (Å²) >= 11 is 0. The third-order valence-electron chi connectivity index (χ3n) is 3.02. The maximum Gasteiger partial charge on any atom is 0.283 e. The van der Waals surface area contributed by atoms with Crippen molar-refractivity contribution in [2.24, 2.45) is 0 Å². The molecule has 104 valence electrons. The van der Waals surface area contributed by atoms with Crippen molar-refractivity contribution in [2.45, 2.75) is 12.3 Å². The minimum atomic E-state index is 0.0487. The largest absolute Gasteiger partial charge is 0.459 e. The minimum Gasteiger partial charge on any atom is -0.459 e. The summed E-state index contributed by atoms with van der Waals surface area (Å²) in [5.41, 5.74) is 0. The van der Waals surface area contributed by atoms with Crippen molar-refractivity contribution in [1.82, 2.24) is 20.4 Å². The lowest BCUT2D eigenvalue weighted by molar-refractivity contribution is 0.430. The Morgan fingerprint density at radius 3 is 2.57 bits per heavy atom. The maximum absolute atomic E-state index is 5.60. The zero-order valence-corrected chi connectivity index (χ0v) is 10.8. The van der Waals surface area contributed by atoms with E-state index in [2.05, 4.69) is 20.4 Å². The van der Waals surface area contributed by atoms with Gasteiger partial charge in [-0.2, -0.15) is 0 Å². The van der Waals surface area contributed by atoms with E-state index < -0.39 is 0 Å². The van der Waals surface area contributed by atoms with Crippen LogP contribution in [0.25, 0.3) is 11.7 Å². The maximum atomic E-state index is 5.60. The van der Waals surface area contributed by atoms with Crippen molar-refractivity contribution in [3.05, 3.63) is 60.4 Å². The lowest BCUT2D eigenvalue weighted by atomic mass is 10.2. The van der Waals surface area contributed by atoms with Gasteiger partial charge < -0.3 is 13.3 Å². The molecule has 0 aliphatic heterocycles. The van der Waals surface area contributed by atoms with Crippen LogP contribution in [0.2, 0.25) is 0 Å². The first kappa shape index (κ1) is 11.8. The molecule has 0 radical (unpaired) electrons. The van der Waals surface area contributed by atoms with Gasteiger partial charge in [0.2, 0.25) is 17.7 Å². The van der Waals surface area contributed by atoms with Gasteiger partial charge in [0.05, 0.1) is 12.2 Å². The van der Waals surface area contributed by atoms with Gasteiger partial charge >= 0.3 is 0 Å². The third-order valence-corrected chi connectivity index (χ3v) is 3.02. The smallest absolute Gasteiger partial charge is 0.283 e. The number of hydrogen-bond donors (Lipinski definition) is 0. The van der Waals surface area contributed by atoms with Gasteiger partial charge in [-0.1, -0.05) is 24.3 Å². The van der Waals surface area contributed by atoms with E-state index in [-0.39, 0.29) is 5.92 Å². The van der Waals surface area contributed by atoms with Crippen molar-refractivity contribution in [2.75, 3.05) is 0 Å². The molecule has 0 unspecified atom stereocenters. The van der Waals surface area contributed by atoms with Gasteiger partial charge in [-0.05, 0) is 12.1 Å². The number of allylic oxidation sites excluding steroid dienone is 4. The molecule has 0 spiro atoms. The number of rotatable bonds is 4. The van der Waals surface area contributed by atoms with Crippen LogP contribution in [0.5, 0.6) is 0 Å². The van der Waals surface area contributed by atoms with E-state index in [1.807, 2.05) is 24.3 Å². The predicted molar refractivity (Wildman–Crippen MR) is 70.1 cm³/mol. The van der Waals surface area contributed by atoms with Gasteiger partial charge in [0.1, 0.15) is 6.42 Å². The van der Waals surface area contributed by atoms with E-state index in [0.29, 0.717) is 35.7 Å². The van der Waals surface area contributed by atoms with E-state index in [9.17, 15) is 0 Å². The first-order chi connectivity index (χ1) is 10.4. The summed E-state index contributed by atoms with van der Waals surface area (Å²) < 4.78 is 16.3. The summed E-state index contributed by atoms with van der Waals surface area (Å²) in [5, 5.41) is 15.9. The first-order valence-electron chi connectivity index (χ1n) is 6.42. The molecular weight excluding hydrogens is 272 g/mol. The van der Waals surface area contributed by atoms with Crippen LogP contribution in [-0.4, -0.2) is 20.4 Å². The Labute approximate surface area is 119 Å². The van der Waals surface area contributed by atoms with Crippen LogP contribution in [0.4, 0.5) is 0 Å². The molecule has 7 nitrogen and oxygen atoms in total. The molecule has 0 N–H and O–H groups in total. The molecule has 0 saturated heterocycles. The van der Waals surface area contributed by atoms with E-state index in [1.54, 1.807) is 18.4 Å². The molecule has 3 heterocycles. The average molecular weight is 282 g/mol. The van der Waals surface area contributed by atoms with Crippen molar-refractivity contribution >= 4 is 0 Å². The van der Waals surface area contributed by atoms with Gasteiger partial charge in [0.25, 0.3) is 5.89 Å². The minimum absolute atomic E-state index is 0.0487. The van der Waals surface area contributed by atoms with Crippen LogP contribution in [0.1, 0.15) is 23.6 Å². The monoisotopic (exact) mass is 282 g/mol. The summed E-state index contributed by atoms with van der Waals surface area (Å²) in [6, 6.07) is 3.51. The second-order valence-electron chi connectivity index (χ2n) is 4.48. The zero-order chi connectivity index (χ0) is 14.1. The Morgan fingerprint density at radius 2 is 1.76 bits per heavy atom. The molecule has 21 heavy (non-hydrogen) atoms. The third kappa shape index (κ3) is 2.29. The van der Waals surface area contributed by atoms with Gasteiger partial charge in [-0.15, -0.1) is 20.4 Å². The topological polar surface area (TPSA) is 91.0 Å². The fraction of sp³-hybridized carbons (Fsp3) is 0.143. The van der Waals surface area contributed by atoms with Crippen molar-refractivity contribution in [3.8, 4) is 11.7 Å². The fourth-order valence-corrected chi connectivity index (χ4v) is 2.02. The molecule has 3 aromatic rings. The SMILES string of the molecule is C1=CC(c2nnc(Cc3nnc(-c4ccco4)o3)o2)C=C1. The summed E-state index contributed by atoms with van der Waals surface area (Å²) in [6.07, 6.45) is 9.70. The lowest BCUT2D eigenvalue weighted by Crippen LogP contribution is -1.88. The molecule has 0 aromatic carbocycles. The van der Waals surface area contributed by atoms with Crippen LogP contribution in [0.15, 0.2) is 56.0 Å². The highest BCUT2D eigenvalue weighted by molar-refractivity contribution is 5.42. The van der Waals surface area contributed by atoms with Gasteiger partial charge in [-0.3, -0.25) is 0 Å². The number of aromatic nitrogens is 4. The van der Waals surface area contributed by atoms with E-state index >= 15 is 0 Å². The Kier molecular flexibility index (Phi) is 2.74. The second kappa shape index (κ2) is 4.86. The molecule has 0 fully saturated rings. The highest BCUT2D eigenvalue weighted by Gasteiger charge is 2.18. The second-order valence-corrected chi connectivity index (χ2v) is 4.48. The first-order valence-corrected chi connectivity index (χ1v) is 6.42. The van der Waals surface area contributed by atoms with E-state index in [0.717, 1.165) is 0 Å². The van der Waals surface area contributed by atoms with Crippen LogP contribution in [0, 0.1) is 0 Å². The molecule has 0 atom stereocenters. The van der Waals surface area contributed by atoms with Crippen LogP contribution in [-0.2, 0) is 6.42 Å². The molecule has 3 aromatic heterocycles. The predicted octanol–water partition coefficient (Wildman–Crippen LogP) is 2.51. The summed E-state index contributed by atoms with van der Waals surface area (Å²) in [7, 11) is 0. The molecule has 0 saturated carbocycles. The summed E-state index contributed by atoms with van der Waals surface area (Å²) in [4.78, 5) is 0. The van der Waals surface area contributed by atoms with Crippen LogP contribution >= 0.6 is 0 Å². The van der Waals surface area contributed by atoms with Crippen LogP contribution < -0.4 is 0 Å². The molecular formula is C14H10N4O3. The Hall–Kier alpha value is -2.96. The average Bonchev–Trinajstić information content (AvgIpc) is 3.28. The number of nitrogens with zero attached hydrogens (tertiary/aromatic N) is 4. The van der Waals surface area contributed by atoms with Crippen molar-refractivity contribution in [3.63, 3.8) is 0 Å². The van der Waals surface area contributed by atoms with Gasteiger partial charge in [0.15, 0.2) is 5.76 Å². The Balaban J connectivity index is 1.51. The van der Waals surface area contributed by atoms with E-state index in [4.69, 9.17) is 13.3 Å². The van der Waals surface area contributed by atoms with Crippen molar-refractivity contribution < 1.29 is 13.3 Å². The zero-order valence-electron chi connectivity index (χ0n) is 10.8. The lowest BCUT2D eigenvalue weighted by Gasteiger charge is -1.95. The fourth-order valence-electron chi connectivity index (χ4n) is 2.02. The molecule has 0 amide bonds. The molecule has 4 rings (SSSR count). The highest BCUT2D eigenvalue weighted by Crippen LogP contribution is 2.23. The Bertz CT molecular complexity index is 786. The Morgan fingerprint density at radius 1 is 0.952 bits per heavy atom. The number of furan rings is 1. The summed E-state index contributed by atoms with van der Waals surface area (Å²) in [6.45, 7) is 0. The summed E-state index contributed by atoms with van der Waals surface area (Å²) in [5.74, 6) is 2.30. The number of hydrogen-bond acceptors (Lipinski definition) is 7. The molecule has 1 aliphatic rings. The van der Waals surface area contributed by atoms with Crippen LogP contribution in [0.3, 0.4) is 0 Å². The van der Waals surface area contributed by atoms with Gasteiger partial charge in [0, 0.05) is 0 Å². The van der Waals surface area contributed by atoms with Gasteiger partial charge in [-0.25, -0.2) is 0 Å². The molecule has 0 bridgehead atoms. The van der Waals surface area contributed by atoms with Crippen molar-refractivity contribution in [1.29, 1.82) is 0 Å². The highest BCUT2D eigenvalue weighted by atomic mass is 16.4. The van der Waals surface area contributed by atoms with E-state index in [1.165, 1.54) is 0 Å². The standard InChI is InChI=1S/C14H10N4O3/c1-2-5-9(4-1)13-17-15-11(20-13)8-12-16-18-14(21-12)10-6-3-7-19-10/h1-7,9H,8H2.